The van der Waals surface area contributed by atoms with Crippen LogP contribution in [0.5, 0.6) is 0 Å². The first-order chi connectivity index (χ1) is 8.82. The van der Waals surface area contributed by atoms with Crippen molar-refractivity contribution in [2.45, 2.75) is 18.2 Å². The summed E-state index contributed by atoms with van der Waals surface area (Å²) in [4.78, 5) is 24.2. The normalized spacial score (nSPS) is 12.0. The molecule has 7 heteroatoms. The lowest BCUT2D eigenvalue weighted by Gasteiger charge is -2.18. The highest BCUT2D eigenvalue weighted by molar-refractivity contribution is 9.09. The Labute approximate surface area is 124 Å². The van der Waals surface area contributed by atoms with Gasteiger partial charge in [0.15, 0.2) is 0 Å². The highest BCUT2D eigenvalue weighted by Crippen LogP contribution is 2.24. The zero-order valence-corrected chi connectivity index (χ0v) is 12.9. The Kier molecular flexibility index (Phi) is 5.75. The van der Waals surface area contributed by atoms with Crippen molar-refractivity contribution in [2.24, 2.45) is 0 Å². The number of benzene rings is 1. The van der Waals surface area contributed by atoms with E-state index in [2.05, 4.69) is 15.9 Å². The number of hydrogen-bond acceptors (Lipinski definition) is 3. The van der Waals surface area contributed by atoms with Crippen molar-refractivity contribution >= 4 is 39.1 Å². The number of hydrogen-bond donors (Lipinski definition) is 0. The number of rotatable bonds is 5. The lowest BCUT2D eigenvalue weighted by molar-refractivity contribution is -0.385. The standard InChI is InChI=1S/C12H14BrClN2O3/c1-8(13)5-6-15(2)12(17)10-7-9(14)3-4-11(10)16(18)19/h3-4,7-8H,5-6H2,1-2H3. The number of amides is 1. The maximum atomic E-state index is 12.2. The number of alkyl halides is 1. The first-order valence-electron chi connectivity index (χ1n) is 5.66. The minimum absolute atomic E-state index is 0.0159. The van der Waals surface area contributed by atoms with Crippen molar-refractivity contribution < 1.29 is 9.72 Å². The molecule has 19 heavy (non-hydrogen) atoms. The van der Waals surface area contributed by atoms with Crippen LogP contribution in [0.4, 0.5) is 5.69 Å². The third-order valence-corrected chi connectivity index (χ3v) is 3.29. The lowest BCUT2D eigenvalue weighted by atomic mass is 10.1. The van der Waals surface area contributed by atoms with Crippen LogP contribution >= 0.6 is 27.5 Å². The summed E-state index contributed by atoms with van der Waals surface area (Å²) in [6.45, 7) is 2.48. The zero-order valence-electron chi connectivity index (χ0n) is 10.6. The first kappa shape index (κ1) is 15.9. The van der Waals surface area contributed by atoms with Gasteiger partial charge in [-0.15, -0.1) is 0 Å². The summed E-state index contributed by atoms with van der Waals surface area (Å²) in [5, 5.41) is 11.2. The molecule has 1 unspecified atom stereocenters. The van der Waals surface area contributed by atoms with E-state index in [-0.39, 0.29) is 16.1 Å². The van der Waals surface area contributed by atoms with Gasteiger partial charge in [0.1, 0.15) is 5.56 Å². The second kappa shape index (κ2) is 6.86. The summed E-state index contributed by atoms with van der Waals surface area (Å²) in [6.07, 6.45) is 0.761. The van der Waals surface area contributed by atoms with Crippen LogP contribution in [-0.4, -0.2) is 34.2 Å². The fraction of sp³-hybridized carbons (Fsp3) is 0.417. The van der Waals surface area contributed by atoms with Crippen molar-refractivity contribution in [3.8, 4) is 0 Å². The van der Waals surface area contributed by atoms with E-state index in [4.69, 9.17) is 11.6 Å². The Morgan fingerprint density at radius 1 is 1.58 bits per heavy atom. The average molecular weight is 350 g/mol. The third kappa shape index (κ3) is 4.47. The molecule has 1 atom stereocenters. The number of carbonyl (C=O) groups is 1. The number of nitro groups is 1. The Balaban J connectivity index is 2.98. The molecular weight excluding hydrogens is 336 g/mol. The van der Waals surface area contributed by atoms with Crippen LogP contribution in [0.15, 0.2) is 18.2 Å². The predicted octanol–water partition coefficient (Wildman–Crippen LogP) is 3.49. The maximum Gasteiger partial charge on any atom is 0.282 e. The fourth-order valence-electron chi connectivity index (χ4n) is 1.52. The molecule has 1 aromatic carbocycles. The average Bonchev–Trinajstić information content (AvgIpc) is 2.34. The van der Waals surface area contributed by atoms with Gasteiger partial charge >= 0.3 is 0 Å². The second-order valence-corrected chi connectivity index (χ2v) is 6.21. The largest absolute Gasteiger partial charge is 0.341 e. The van der Waals surface area contributed by atoms with Crippen molar-refractivity contribution in [1.82, 2.24) is 4.90 Å². The van der Waals surface area contributed by atoms with Crippen LogP contribution in [0.1, 0.15) is 23.7 Å². The van der Waals surface area contributed by atoms with E-state index >= 15 is 0 Å². The molecule has 0 aliphatic rings. The molecule has 104 valence electrons. The van der Waals surface area contributed by atoms with Gasteiger partial charge in [0.25, 0.3) is 11.6 Å². The molecule has 0 aliphatic carbocycles. The van der Waals surface area contributed by atoms with Gasteiger partial charge in [-0.2, -0.15) is 0 Å². The maximum absolute atomic E-state index is 12.2. The molecule has 1 rings (SSSR count). The zero-order chi connectivity index (χ0) is 14.6. The van der Waals surface area contributed by atoms with E-state index < -0.39 is 10.8 Å². The Morgan fingerprint density at radius 3 is 2.74 bits per heavy atom. The molecule has 0 heterocycles. The van der Waals surface area contributed by atoms with Gasteiger partial charge in [-0.1, -0.05) is 34.5 Å². The van der Waals surface area contributed by atoms with E-state index in [1.165, 1.54) is 23.1 Å². The van der Waals surface area contributed by atoms with Gasteiger partial charge in [0, 0.05) is 29.5 Å². The molecule has 0 saturated heterocycles. The van der Waals surface area contributed by atoms with Gasteiger partial charge in [-0.05, 0) is 18.6 Å². The Hall–Kier alpha value is -1.14. The monoisotopic (exact) mass is 348 g/mol. The second-order valence-electron chi connectivity index (χ2n) is 4.21. The lowest BCUT2D eigenvalue weighted by Crippen LogP contribution is -2.29. The summed E-state index contributed by atoms with van der Waals surface area (Å²) in [6, 6.07) is 3.98. The summed E-state index contributed by atoms with van der Waals surface area (Å²) in [5.74, 6) is -0.401. The van der Waals surface area contributed by atoms with Crippen LogP contribution < -0.4 is 0 Å². The van der Waals surface area contributed by atoms with Gasteiger partial charge < -0.3 is 4.90 Å². The van der Waals surface area contributed by atoms with Gasteiger partial charge in [0.2, 0.25) is 0 Å². The molecule has 1 amide bonds. The van der Waals surface area contributed by atoms with Crippen LogP contribution in [0.2, 0.25) is 5.02 Å². The van der Waals surface area contributed by atoms with Crippen LogP contribution in [0, 0.1) is 10.1 Å². The Bertz CT molecular complexity index is 494. The number of carbonyl (C=O) groups excluding carboxylic acids is 1. The molecule has 0 saturated carbocycles. The molecular formula is C12H14BrClN2O3. The van der Waals surface area contributed by atoms with Gasteiger partial charge in [0.05, 0.1) is 4.92 Å². The highest BCUT2D eigenvalue weighted by Gasteiger charge is 2.23. The van der Waals surface area contributed by atoms with Crippen LogP contribution in [-0.2, 0) is 0 Å². The molecule has 5 nitrogen and oxygen atoms in total. The van der Waals surface area contributed by atoms with Gasteiger partial charge in [-0.25, -0.2) is 0 Å². The van der Waals surface area contributed by atoms with Crippen molar-refractivity contribution in [3.63, 3.8) is 0 Å². The third-order valence-electron chi connectivity index (χ3n) is 2.59. The van der Waals surface area contributed by atoms with Crippen molar-refractivity contribution in [1.29, 1.82) is 0 Å². The minimum Gasteiger partial charge on any atom is -0.341 e. The van der Waals surface area contributed by atoms with Crippen LogP contribution in [0.25, 0.3) is 0 Å². The number of nitrogens with zero attached hydrogens (tertiary/aromatic N) is 2. The topological polar surface area (TPSA) is 63.5 Å². The predicted molar refractivity (Wildman–Crippen MR) is 78.1 cm³/mol. The van der Waals surface area contributed by atoms with E-state index in [0.29, 0.717) is 11.6 Å². The molecule has 0 N–H and O–H groups in total. The molecule has 1 aromatic rings. The fourth-order valence-corrected chi connectivity index (χ4v) is 1.89. The van der Waals surface area contributed by atoms with Crippen LogP contribution in [0.3, 0.4) is 0 Å². The quantitative estimate of drug-likeness (QED) is 0.464. The van der Waals surface area contributed by atoms with E-state index in [1.807, 2.05) is 6.92 Å². The Morgan fingerprint density at radius 2 is 2.21 bits per heavy atom. The summed E-state index contributed by atoms with van der Waals surface area (Å²) in [7, 11) is 1.61. The molecule has 0 radical (unpaired) electrons. The van der Waals surface area contributed by atoms with E-state index in [0.717, 1.165) is 6.42 Å². The van der Waals surface area contributed by atoms with Crippen molar-refractivity contribution in [2.75, 3.05) is 13.6 Å². The summed E-state index contributed by atoms with van der Waals surface area (Å²) in [5.41, 5.74) is -0.213. The van der Waals surface area contributed by atoms with E-state index in [1.54, 1.807) is 7.05 Å². The molecule has 0 bridgehead atoms. The molecule has 0 spiro atoms. The highest BCUT2D eigenvalue weighted by atomic mass is 79.9. The molecule has 0 aliphatic heterocycles. The van der Waals surface area contributed by atoms with E-state index in [9.17, 15) is 14.9 Å². The SMILES string of the molecule is CC(Br)CCN(C)C(=O)c1cc(Cl)ccc1[N+](=O)[O-]. The summed E-state index contributed by atoms with van der Waals surface area (Å²) >= 11 is 9.19. The smallest absolute Gasteiger partial charge is 0.282 e. The number of halogens is 2. The molecule has 0 fully saturated rings. The molecule has 0 aromatic heterocycles. The summed E-state index contributed by atoms with van der Waals surface area (Å²) < 4.78 is 0. The van der Waals surface area contributed by atoms with Gasteiger partial charge in [-0.3, -0.25) is 14.9 Å². The first-order valence-corrected chi connectivity index (χ1v) is 6.95. The number of nitro benzene ring substituents is 1. The van der Waals surface area contributed by atoms with Crippen molar-refractivity contribution in [3.05, 3.63) is 38.9 Å². The minimum atomic E-state index is -0.579.